The molecule has 1 aromatic heterocycles. The highest BCUT2D eigenvalue weighted by Gasteiger charge is 2.34. The molecule has 1 N–H and O–H groups in total. The molecule has 2 heterocycles. The Kier molecular flexibility index (Phi) is 2.98. The Morgan fingerprint density at radius 1 is 1.64 bits per heavy atom. The fraction of sp³-hybridized carbons (Fsp3) is 0.600. The minimum Gasteiger partial charge on any atom is -0.388 e. The van der Waals surface area contributed by atoms with Crippen LogP contribution in [-0.2, 0) is 6.42 Å². The second-order valence-corrected chi connectivity index (χ2v) is 6.64. The number of hydrogen-bond donors (Lipinski definition) is 1. The molecule has 1 aliphatic rings. The van der Waals surface area contributed by atoms with Gasteiger partial charge >= 0.3 is 0 Å². The average Bonchev–Trinajstić information content (AvgIpc) is 2.60. The normalized spacial score (nSPS) is 28.5. The molecule has 1 aliphatic heterocycles. The molecule has 14 heavy (non-hydrogen) atoms. The van der Waals surface area contributed by atoms with Gasteiger partial charge in [-0.3, -0.25) is 0 Å². The maximum atomic E-state index is 10.3. The highest BCUT2D eigenvalue weighted by Crippen LogP contribution is 2.29. The summed E-state index contributed by atoms with van der Waals surface area (Å²) in [7, 11) is 2.06. The van der Waals surface area contributed by atoms with Gasteiger partial charge < -0.3 is 10.0 Å². The number of thiophene rings is 1. The number of β-amino-alcohol motifs (C(OH)–C–C–N with tert-alkyl or cyclic N) is 1. The van der Waals surface area contributed by atoms with Crippen LogP contribution in [0.4, 0.5) is 0 Å². The summed E-state index contributed by atoms with van der Waals surface area (Å²) in [6.07, 6.45) is 1.67. The van der Waals surface area contributed by atoms with Crippen molar-refractivity contribution in [2.75, 3.05) is 20.1 Å². The average molecular weight is 276 g/mol. The van der Waals surface area contributed by atoms with E-state index < -0.39 is 5.60 Å². The number of rotatable bonds is 2. The lowest BCUT2D eigenvalue weighted by Crippen LogP contribution is -2.33. The summed E-state index contributed by atoms with van der Waals surface area (Å²) in [4.78, 5) is 3.44. The van der Waals surface area contributed by atoms with Gasteiger partial charge in [0, 0.05) is 24.4 Å². The minimum atomic E-state index is -0.501. The van der Waals surface area contributed by atoms with Crippen molar-refractivity contribution in [3.63, 3.8) is 0 Å². The van der Waals surface area contributed by atoms with Crippen LogP contribution in [0, 0.1) is 0 Å². The molecule has 0 spiro atoms. The second kappa shape index (κ2) is 3.93. The molecule has 1 saturated heterocycles. The highest BCUT2D eigenvalue weighted by atomic mass is 79.9. The zero-order chi connectivity index (χ0) is 10.2. The maximum absolute atomic E-state index is 10.3. The van der Waals surface area contributed by atoms with Gasteiger partial charge in [0.05, 0.1) is 9.39 Å². The third-order valence-electron chi connectivity index (χ3n) is 2.66. The second-order valence-electron chi connectivity index (χ2n) is 4.09. The van der Waals surface area contributed by atoms with Gasteiger partial charge in [0.25, 0.3) is 0 Å². The van der Waals surface area contributed by atoms with Crippen molar-refractivity contribution < 1.29 is 5.11 Å². The Morgan fingerprint density at radius 2 is 2.43 bits per heavy atom. The van der Waals surface area contributed by atoms with Crippen LogP contribution < -0.4 is 0 Å². The van der Waals surface area contributed by atoms with Gasteiger partial charge in [-0.15, -0.1) is 11.3 Å². The van der Waals surface area contributed by atoms with E-state index in [4.69, 9.17) is 0 Å². The molecule has 78 valence electrons. The summed E-state index contributed by atoms with van der Waals surface area (Å²) < 4.78 is 1.14. The van der Waals surface area contributed by atoms with E-state index in [1.807, 2.05) is 6.07 Å². The van der Waals surface area contributed by atoms with Gasteiger partial charge in [0.15, 0.2) is 0 Å². The van der Waals surface area contributed by atoms with Crippen molar-refractivity contribution in [3.05, 3.63) is 20.8 Å². The number of likely N-dealkylation sites (tertiary alicyclic amines) is 1. The standard InChI is InChI=1S/C10H14BrNOS/c1-12-5-4-10(13,7-12)6-8-2-3-9(11)14-8/h2-3,13H,4-7H2,1H3. The highest BCUT2D eigenvalue weighted by molar-refractivity contribution is 9.11. The molecule has 2 rings (SSSR count). The number of aliphatic hydroxyl groups is 1. The minimum absolute atomic E-state index is 0.501. The number of hydrogen-bond acceptors (Lipinski definition) is 3. The van der Waals surface area contributed by atoms with Crippen LogP contribution in [0.2, 0.25) is 0 Å². The molecule has 1 unspecified atom stereocenters. The lowest BCUT2D eigenvalue weighted by molar-refractivity contribution is 0.0531. The molecule has 0 bridgehead atoms. The molecule has 1 atom stereocenters. The number of likely N-dealkylation sites (N-methyl/N-ethyl adjacent to an activating group) is 1. The summed E-state index contributed by atoms with van der Waals surface area (Å²) in [6.45, 7) is 1.80. The van der Waals surface area contributed by atoms with Crippen LogP contribution in [0.15, 0.2) is 15.9 Å². The first-order valence-corrected chi connectivity index (χ1v) is 6.33. The van der Waals surface area contributed by atoms with Crippen molar-refractivity contribution in [3.8, 4) is 0 Å². The molecule has 0 aromatic carbocycles. The molecular formula is C10H14BrNOS. The third kappa shape index (κ3) is 2.37. The van der Waals surface area contributed by atoms with Crippen LogP contribution in [0.3, 0.4) is 0 Å². The van der Waals surface area contributed by atoms with Gasteiger partial charge in [-0.05, 0) is 41.5 Å². The zero-order valence-corrected chi connectivity index (χ0v) is 10.6. The Balaban J connectivity index is 2.03. The van der Waals surface area contributed by atoms with E-state index in [2.05, 4.69) is 33.9 Å². The Morgan fingerprint density at radius 3 is 2.93 bits per heavy atom. The van der Waals surface area contributed by atoms with E-state index in [0.29, 0.717) is 0 Å². The van der Waals surface area contributed by atoms with Gasteiger partial charge in [0.1, 0.15) is 0 Å². The first-order chi connectivity index (χ1) is 6.57. The smallest absolute Gasteiger partial charge is 0.0834 e. The Labute approximate surface area is 96.7 Å². The van der Waals surface area contributed by atoms with E-state index in [1.165, 1.54) is 4.88 Å². The first kappa shape index (κ1) is 10.6. The lowest BCUT2D eigenvalue weighted by atomic mass is 9.98. The summed E-state index contributed by atoms with van der Waals surface area (Å²) in [5.74, 6) is 0. The molecule has 0 amide bonds. The Hall–Kier alpha value is 0.1000. The maximum Gasteiger partial charge on any atom is 0.0834 e. The first-order valence-electron chi connectivity index (χ1n) is 4.73. The van der Waals surface area contributed by atoms with Gasteiger partial charge in [-0.2, -0.15) is 0 Å². The molecule has 0 saturated carbocycles. The quantitative estimate of drug-likeness (QED) is 0.894. The van der Waals surface area contributed by atoms with E-state index in [9.17, 15) is 5.11 Å². The topological polar surface area (TPSA) is 23.5 Å². The molecular weight excluding hydrogens is 262 g/mol. The van der Waals surface area contributed by atoms with Gasteiger partial charge in [0.2, 0.25) is 0 Å². The van der Waals surface area contributed by atoms with Crippen molar-refractivity contribution in [2.45, 2.75) is 18.4 Å². The van der Waals surface area contributed by atoms with Crippen molar-refractivity contribution >= 4 is 27.3 Å². The fourth-order valence-corrected chi connectivity index (χ4v) is 3.59. The molecule has 2 nitrogen and oxygen atoms in total. The van der Waals surface area contributed by atoms with Crippen LogP contribution >= 0.6 is 27.3 Å². The predicted octanol–water partition coefficient (Wildman–Crippen LogP) is 2.12. The van der Waals surface area contributed by atoms with Crippen LogP contribution in [-0.4, -0.2) is 35.7 Å². The van der Waals surface area contributed by atoms with E-state index in [-0.39, 0.29) is 0 Å². The number of halogens is 1. The van der Waals surface area contributed by atoms with Crippen molar-refractivity contribution in [1.82, 2.24) is 4.90 Å². The summed E-state index contributed by atoms with van der Waals surface area (Å²) in [5.41, 5.74) is -0.501. The molecule has 1 fully saturated rings. The molecule has 0 radical (unpaired) electrons. The van der Waals surface area contributed by atoms with Crippen molar-refractivity contribution in [1.29, 1.82) is 0 Å². The largest absolute Gasteiger partial charge is 0.388 e. The summed E-state index contributed by atoms with van der Waals surface area (Å²) >= 11 is 5.15. The summed E-state index contributed by atoms with van der Waals surface area (Å²) in [5, 5.41) is 10.3. The predicted molar refractivity (Wildman–Crippen MR) is 62.8 cm³/mol. The number of nitrogens with zero attached hydrogens (tertiary/aromatic N) is 1. The lowest BCUT2D eigenvalue weighted by Gasteiger charge is -2.21. The zero-order valence-electron chi connectivity index (χ0n) is 8.16. The molecule has 1 aromatic rings. The third-order valence-corrected chi connectivity index (χ3v) is 4.28. The van der Waals surface area contributed by atoms with E-state index >= 15 is 0 Å². The SMILES string of the molecule is CN1CCC(O)(Cc2ccc(Br)s2)C1. The van der Waals surface area contributed by atoms with Crippen LogP contribution in [0.1, 0.15) is 11.3 Å². The van der Waals surface area contributed by atoms with Crippen LogP contribution in [0.25, 0.3) is 0 Å². The molecule has 4 heteroatoms. The summed E-state index contributed by atoms with van der Waals surface area (Å²) in [6, 6.07) is 4.13. The monoisotopic (exact) mass is 275 g/mol. The van der Waals surface area contributed by atoms with Gasteiger partial charge in [-0.1, -0.05) is 0 Å². The fourth-order valence-electron chi connectivity index (χ4n) is 1.97. The Bertz CT molecular complexity index is 328. The van der Waals surface area contributed by atoms with Crippen LogP contribution in [0.5, 0.6) is 0 Å². The van der Waals surface area contributed by atoms with E-state index in [0.717, 1.165) is 29.7 Å². The molecule has 0 aliphatic carbocycles. The van der Waals surface area contributed by atoms with Crippen molar-refractivity contribution in [2.24, 2.45) is 0 Å². The van der Waals surface area contributed by atoms with Gasteiger partial charge in [-0.25, -0.2) is 0 Å². The van der Waals surface area contributed by atoms with E-state index in [1.54, 1.807) is 11.3 Å².